The minimum absolute atomic E-state index is 0.0858. The minimum Gasteiger partial charge on any atom is -0.465 e. The van der Waals surface area contributed by atoms with Crippen LogP contribution in [0.3, 0.4) is 0 Å². The lowest BCUT2D eigenvalue weighted by atomic mass is 10.1. The molecular formula is C45H67Cl2N7O5S. The van der Waals surface area contributed by atoms with E-state index in [1.807, 2.05) is 30.3 Å². The van der Waals surface area contributed by atoms with Gasteiger partial charge < -0.3 is 14.8 Å². The number of nitrogens with zero attached hydrogens (tertiary/aromatic N) is 4. The molecule has 0 spiro atoms. The first kappa shape index (κ1) is 49.0. The Kier molecular flexibility index (Phi) is 22.3. The maximum Gasteiger partial charge on any atom is 0.230 e. The number of amides is 1. The molecule has 2 atom stereocenters. The average Bonchev–Trinajstić information content (AvgIpc) is 3.79. The summed E-state index contributed by atoms with van der Waals surface area (Å²) in [6.45, 7) is 6.17. The van der Waals surface area contributed by atoms with Crippen molar-refractivity contribution in [1.82, 2.24) is 25.1 Å². The second-order valence-electron chi connectivity index (χ2n) is 15.8. The number of benzene rings is 2. The van der Waals surface area contributed by atoms with Gasteiger partial charge in [0.25, 0.3) is 0 Å². The van der Waals surface area contributed by atoms with Crippen molar-refractivity contribution in [2.75, 3.05) is 23.6 Å². The second kappa shape index (κ2) is 27.3. The van der Waals surface area contributed by atoms with E-state index in [0.29, 0.717) is 51.6 Å². The minimum atomic E-state index is -3.37. The topological polar surface area (TPSA) is 152 Å². The number of unbranched alkanes of at least 4 members (excludes halogenated alkanes) is 16. The van der Waals surface area contributed by atoms with Crippen LogP contribution in [0.4, 0.5) is 11.4 Å². The zero-order chi connectivity index (χ0) is 43.0. The summed E-state index contributed by atoms with van der Waals surface area (Å²) in [6, 6.07) is 14.6. The molecule has 4 rings (SSSR count). The fourth-order valence-electron chi connectivity index (χ4n) is 7.01. The van der Waals surface area contributed by atoms with Crippen LogP contribution in [0.15, 0.2) is 53.5 Å². The third kappa shape index (κ3) is 17.4. The van der Waals surface area contributed by atoms with Gasteiger partial charge >= 0.3 is 0 Å². The molecule has 2 heterocycles. The van der Waals surface area contributed by atoms with Crippen molar-refractivity contribution in [3.63, 3.8) is 0 Å². The number of carbonyl (C=O) groups excluding carboxylic acids is 1. The Morgan fingerprint density at radius 1 is 0.850 bits per heavy atom. The number of hydrogen-bond donors (Lipinski definition) is 3. The number of sulfone groups is 1. The lowest BCUT2D eigenvalue weighted by Gasteiger charge is -2.18. The van der Waals surface area contributed by atoms with Crippen LogP contribution in [0, 0.1) is 5.92 Å². The molecule has 60 heavy (non-hydrogen) atoms. The standard InChI is InChI=1S/C45H67Cl2N7O5S/c1-4-6-8-10-12-14-15-17-19-24-30-60(56,57)32-35(3)44(55)50-37-28-29-38(46)39(31-37)48-33-58-40(27-23-18-16-13-11-9-7-5-2)49-34-59-45-41(47)43-52-51-42(54(43)53-45)36-25-21-20-22-26-36/h20-22,25-26,28-29,31,33,35,40,49,53H,4-19,23-24,27,30,32,34H2,1-3H3,(H,50,55). The Bertz CT molecular complexity index is 1970. The second-order valence-corrected chi connectivity index (χ2v) is 18.8. The van der Waals surface area contributed by atoms with Crippen molar-refractivity contribution in [3.05, 3.63) is 58.6 Å². The Morgan fingerprint density at radius 2 is 1.47 bits per heavy atom. The van der Waals surface area contributed by atoms with Crippen molar-refractivity contribution in [1.29, 1.82) is 0 Å². The van der Waals surface area contributed by atoms with Crippen LogP contribution in [-0.2, 0) is 19.4 Å². The van der Waals surface area contributed by atoms with Gasteiger partial charge in [0.15, 0.2) is 33.9 Å². The van der Waals surface area contributed by atoms with Crippen molar-refractivity contribution in [3.8, 4) is 17.3 Å². The third-order valence-electron chi connectivity index (χ3n) is 10.5. The smallest absolute Gasteiger partial charge is 0.230 e. The summed E-state index contributed by atoms with van der Waals surface area (Å²) < 4.78 is 39.4. The number of fused-ring (bicyclic) bond motifs is 1. The number of nitrogens with one attached hydrogen (secondary N) is 3. The summed E-state index contributed by atoms with van der Waals surface area (Å²) in [4.78, 5) is 17.5. The quantitative estimate of drug-likeness (QED) is 0.0190. The third-order valence-corrected chi connectivity index (χ3v) is 13.1. The van der Waals surface area contributed by atoms with E-state index >= 15 is 0 Å². The lowest BCUT2D eigenvalue weighted by Crippen LogP contribution is -2.34. The average molecular weight is 889 g/mol. The number of hydrogen-bond acceptors (Lipinski definition) is 9. The summed E-state index contributed by atoms with van der Waals surface area (Å²) in [7, 11) is -3.37. The molecule has 332 valence electrons. The highest BCUT2D eigenvalue weighted by molar-refractivity contribution is 7.91. The Hall–Kier alpha value is -3.65. The molecule has 12 nitrogen and oxygen atoms in total. The monoisotopic (exact) mass is 887 g/mol. The van der Waals surface area contributed by atoms with E-state index in [9.17, 15) is 13.2 Å². The predicted octanol–water partition coefficient (Wildman–Crippen LogP) is 12.1. The largest absolute Gasteiger partial charge is 0.465 e. The number of carbonyl (C=O) groups is 1. The first-order chi connectivity index (χ1) is 29.1. The van der Waals surface area contributed by atoms with Crippen LogP contribution in [0.1, 0.15) is 143 Å². The van der Waals surface area contributed by atoms with E-state index in [1.54, 1.807) is 29.6 Å². The molecule has 2 aromatic carbocycles. The molecule has 1 amide bonds. The van der Waals surface area contributed by atoms with Crippen molar-refractivity contribution >= 4 is 62.4 Å². The maximum absolute atomic E-state index is 13.1. The summed E-state index contributed by atoms with van der Waals surface area (Å²) in [6.07, 6.45) is 22.4. The van der Waals surface area contributed by atoms with Gasteiger partial charge in [-0.1, -0.05) is 177 Å². The van der Waals surface area contributed by atoms with Crippen molar-refractivity contribution < 1.29 is 22.7 Å². The highest BCUT2D eigenvalue weighted by Crippen LogP contribution is 2.31. The van der Waals surface area contributed by atoms with E-state index in [1.165, 1.54) is 77.0 Å². The fraction of sp³-hybridized carbons (Fsp3) is 0.600. The molecule has 3 N–H and O–H groups in total. The molecule has 2 unspecified atom stereocenters. The summed E-state index contributed by atoms with van der Waals surface area (Å²) >= 11 is 13.1. The number of H-pyrrole nitrogens is 1. The molecule has 0 bridgehead atoms. The Labute approximate surface area is 367 Å². The molecule has 0 aliphatic heterocycles. The van der Waals surface area contributed by atoms with Gasteiger partial charge in [0.2, 0.25) is 11.8 Å². The summed E-state index contributed by atoms with van der Waals surface area (Å²) in [5.41, 5.74) is 2.19. The normalized spacial score (nSPS) is 12.9. The van der Waals surface area contributed by atoms with Crippen LogP contribution < -0.4 is 15.4 Å². The number of halogens is 2. The Balaban J connectivity index is 1.28. The lowest BCUT2D eigenvalue weighted by molar-refractivity contribution is -0.118. The van der Waals surface area contributed by atoms with Gasteiger partial charge in [-0.15, -0.1) is 10.2 Å². The van der Waals surface area contributed by atoms with E-state index in [-0.39, 0.29) is 24.1 Å². The molecule has 0 saturated carbocycles. The van der Waals surface area contributed by atoms with Crippen LogP contribution in [0.5, 0.6) is 5.88 Å². The fourth-order valence-corrected chi connectivity index (χ4v) is 9.12. The first-order valence-corrected chi connectivity index (χ1v) is 24.7. The van der Waals surface area contributed by atoms with Crippen LogP contribution in [0.25, 0.3) is 17.0 Å². The SMILES string of the molecule is CCCCCCCCCCCCS(=O)(=O)CC(C)C(=O)Nc1ccc(Cl)c(N=COC(CCCCCCCCCC)NCOc2[nH]n3c(-c4ccccc4)nnc3c2Cl)c1. The van der Waals surface area contributed by atoms with Gasteiger partial charge in [0, 0.05) is 17.2 Å². The highest BCUT2D eigenvalue weighted by Gasteiger charge is 2.22. The molecular weight excluding hydrogens is 822 g/mol. The molecule has 2 aromatic heterocycles. The number of anilines is 1. The van der Waals surface area contributed by atoms with Crippen molar-refractivity contribution in [2.45, 2.75) is 149 Å². The molecule has 0 aliphatic rings. The molecule has 15 heteroatoms. The number of aliphatic imine (C=N–C) groups is 1. The Morgan fingerprint density at radius 3 is 2.12 bits per heavy atom. The molecule has 4 aromatic rings. The highest BCUT2D eigenvalue weighted by atomic mass is 35.5. The predicted molar refractivity (Wildman–Crippen MR) is 246 cm³/mol. The van der Waals surface area contributed by atoms with E-state index in [2.05, 4.69) is 44.8 Å². The zero-order valence-electron chi connectivity index (χ0n) is 35.9. The molecule has 0 fully saturated rings. The van der Waals surface area contributed by atoms with Gasteiger partial charge in [-0.05, 0) is 37.5 Å². The van der Waals surface area contributed by atoms with Crippen LogP contribution in [-0.4, -0.2) is 65.0 Å². The van der Waals surface area contributed by atoms with Crippen molar-refractivity contribution in [2.24, 2.45) is 10.9 Å². The number of aromatic amines is 1. The van der Waals surface area contributed by atoms with E-state index in [0.717, 1.165) is 44.1 Å². The maximum atomic E-state index is 13.1. The van der Waals surface area contributed by atoms with Gasteiger partial charge in [0.1, 0.15) is 11.8 Å². The molecule has 0 saturated heterocycles. The number of ether oxygens (including phenoxy) is 2. The van der Waals surface area contributed by atoms with Gasteiger partial charge in [-0.2, -0.15) is 0 Å². The summed E-state index contributed by atoms with van der Waals surface area (Å²) in [5.74, 6) is -0.241. The van der Waals surface area contributed by atoms with Gasteiger partial charge in [0.05, 0.1) is 22.2 Å². The van der Waals surface area contributed by atoms with Gasteiger partial charge in [-0.3, -0.25) is 9.89 Å². The zero-order valence-corrected chi connectivity index (χ0v) is 38.2. The molecule has 0 radical (unpaired) electrons. The number of rotatable bonds is 32. The van der Waals surface area contributed by atoms with Crippen LogP contribution >= 0.6 is 23.2 Å². The van der Waals surface area contributed by atoms with E-state index < -0.39 is 22.0 Å². The van der Waals surface area contributed by atoms with Crippen LogP contribution in [0.2, 0.25) is 10.0 Å². The van der Waals surface area contributed by atoms with Gasteiger partial charge in [-0.25, -0.2) is 23.2 Å². The molecule has 0 aliphatic carbocycles. The van der Waals surface area contributed by atoms with E-state index in [4.69, 9.17) is 32.7 Å². The summed E-state index contributed by atoms with van der Waals surface area (Å²) in [5, 5.41) is 18.5. The first-order valence-electron chi connectivity index (χ1n) is 22.1. The number of aromatic nitrogens is 4.